The number of fused-ring (bicyclic) bond motifs is 1. The van der Waals surface area contributed by atoms with Gasteiger partial charge in [-0.25, -0.2) is 0 Å². The number of hydrogen-bond donors (Lipinski definition) is 1. The van der Waals surface area contributed by atoms with Gasteiger partial charge < -0.3 is 15.0 Å². The number of anilines is 1. The number of hydrogen-bond acceptors (Lipinski definition) is 4. The van der Waals surface area contributed by atoms with Crippen LogP contribution in [-0.4, -0.2) is 48.8 Å². The Morgan fingerprint density at radius 3 is 2.80 bits per heavy atom. The summed E-state index contributed by atoms with van der Waals surface area (Å²) in [4.78, 5) is 7.38. The summed E-state index contributed by atoms with van der Waals surface area (Å²) >= 11 is 0. The number of nitrogens with zero attached hydrogens (tertiary/aromatic N) is 2. The van der Waals surface area contributed by atoms with Crippen LogP contribution >= 0.6 is 0 Å². The molecule has 0 spiro atoms. The minimum Gasteiger partial charge on any atom is -0.382 e. The van der Waals surface area contributed by atoms with Crippen LogP contribution in [0.25, 0.3) is 10.9 Å². The molecule has 0 saturated carbocycles. The lowest BCUT2D eigenvalue weighted by Crippen LogP contribution is -2.41. The molecule has 25 heavy (non-hydrogen) atoms. The molecule has 3 heterocycles. The Bertz CT molecular complexity index is 703. The first kappa shape index (κ1) is 16.8. The maximum Gasteiger partial charge on any atom is 0.0726 e. The normalized spacial score (nSPS) is 22.5. The minimum atomic E-state index is 0.562. The SMILES string of the molecule is CCc1cc(NC2CCN(CC3CCOC3)CC2)c2ccccc2n1. The molecule has 4 nitrogen and oxygen atoms in total. The molecule has 2 aromatic rings. The zero-order valence-corrected chi connectivity index (χ0v) is 15.2. The van der Waals surface area contributed by atoms with E-state index < -0.39 is 0 Å². The molecule has 0 radical (unpaired) electrons. The number of pyridine rings is 1. The van der Waals surface area contributed by atoms with E-state index in [0.29, 0.717) is 6.04 Å². The van der Waals surface area contributed by atoms with Crippen molar-refractivity contribution >= 4 is 16.6 Å². The highest BCUT2D eigenvalue weighted by atomic mass is 16.5. The van der Waals surface area contributed by atoms with Gasteiger partial charge in [0.1, 0.15) is 0 Å². The van der Waals surface area contributed by atoms with Gasteiger partial charge in [0.2, 0.25) is 0 Å². The van der Waals surface area contributed by atoms with Gasteiger partial charge in [-0.05, 0) is 43.7 Å². The predicted octanol–water partition coefficient (Wildman–Crippen LogP) is 3.71. The Balaban J connectivity index is 1.40. The molecule has 1 aromatic carbocycles. The highest BCUT2D eigenvalue weighted by Gasteiger charge is 2.24. The molecule has 4 heteroatoms. The average molecular weight is 339 g/mol. The quantitative estimate of drug-likeness (QED) is 0.901. The van der Waals surface area contributed by atoms with Gasteiger partial charge in [-0.15, -0.1) is 0 Å². The van der Waals surface area contributed by atoms with E-state index in [9.17, 15) is 0 Å². The predicted molar refractivity (Wildman–Crippen MR) is 103 cm³/mol. The van der Waals surface area contributed by atoms with Crippen LogP contribution in [0.4, 0.5) is 5.69 Å². The maximum absolute atomic E-state index is 5.52. The van der Waals surface area contributed by atoms with Crippen LogP contribution in [-0.2, 0) is 11.2 Å². The van der Waals surface area contributed by atoms with Crippen molar-refractivity contribution in [3.63, 3.8) is 0 Å². The molecule has 0 amide bonds. The summed E-state index contributed by atoms with van der Waals surface area (Å²) in [5, 5.41) is 5.06. The first-order chi connectivity index (χ1) is 12.3. The van der Waals surface area contributed by atoms with Crippen molar-refractivity contribution in [1.82, 2.24) is 9.88 Å². The Labute approximate surface area is 150 Å². The number of nitrogens with one attached hydrogen (secondary N) is 1. The molecule has 2 fully saturated rings. The fraction of sp³-hybridized carbons (Fsp3) is 0.571. The van der Waals surface area contributed by atoms with Gasteiger partial charge in [-0.1, -0.05) is 25.1 Å². The third-order valence-corrected chi connectivity index (χ3v) is 5.62. The third kappa shape index (κ3) is 3.96. The van der Waals surface area contributed by atoms with Gasteiger partial charge in [0, 0.05) is 49.1 Å². The largest absolute Gasteiger partial charge is 0.382 e. The van der Waals surface area contributed by atoms with E-state index in [1.807, 2.05) is 0 Å². The van der Waals surface area contributed by atoms with Crippen LogP contribution < -0.4 is 5.32 Å². The van der Waals surface area contributed by atoms with Crippen molar-refractivity contribution in [1.29, 1.82) is 0 Å². The van der Waals surface area contributed by atoms with Gasteiger partial charge >= 0.3 is 0 Å². The lowest BCUT2D eigenvalue weighted by Gasteiger charge is -2.34. The van der Waals surface area contributed by atoms with Crippen molar-refractivity contribution in [3.05, 3.63) is 36.0 Å². The van der Waals surface area contributed by atoms with Crippen LogP contribution in [0, 0.1) is 5.92 Å². The first-order valence-electron chi connectivity index (χ1n) is 9.77. The van der Waals surface area contributed by atoms with E-state index in [2.05, 4.69) is 47.5 Å². The molecule has 0 bridgehead atoms. The second-order valence-corrected chi connectivity index (χ2v) is 7.48. The number of rotatable bonds is 5. The molecule has 2 saturated heterocycles. The van der Waals surface area contributed by atoms with Gasteiger partial charge in [0.15, 0.2) is 0 Å². The minimum absolute atomic E-state index is 0.562. The zero-order valence-electron chi connectivity index (χ0n) is 15.2. The number of para-hydroxylation sites is 1. The van der Waals surface area contributed by atoms with Crippen molar-refractivity contribution < 1.29 is 4.74 Å². The molecule has 0 aliphatic carbocycles. The number of ether oxygens (including phenoxy) is 1. The van der Waals surface area contributed by atoms with Crippen molar-refractivity contribution in [2.24, 2.45) is 5.92 Å². The standard InChI is InChI=1S/C21H29N3O/c1-2-17-13-21(19-5-3-4-6-20(19)22-17)23-18-7-10-24(11-8-18)14-16-9-12-25-15-16/h3-6,13,16,18H,2,7-12,14-15H2,1H3,(H,22,23). The second kappa shape index (κ2) is 7.71. The zero-order chi connectivity index (χ0) is 17.1. The summed E-state index contributed by atoms with van der Waals surface area (Å²) in [5.41, 5.74) is 3.52. The average Bonchev–Trinajstić information content (AvgIpc) is 3.16. The van der Waals surface area contributed by atoms with E-state index in [-0.39, 0.29) is 0 Å². The maximum atomic E-state index is 5.52. The smallest absolute Gasteiger partial charge is 0.0726 e. The Hall–Kier alpha value is -1.65. The Kier molecular flexibility index (Phi) is 5.18. The van der Waals surface area contributed by atoms with Crippen LogP contribution in [0.1, 0.15) is 31.9 Å². The lowest BCUT2D eigenvalue weighted by atomic mass is 10.0. The van der Waals surface area contributed by atoms with Crippen LogP contribution in [0.15, 0.2) is 30.3 Å². The molecule has 1 N–H and O–H groups in total. The number of benzene rings is 1. The molecular formula is C21H29N3O. The monoisotopic (exact) mass is 339 g/mol. The number of aryl methyl sites for hydroxylation is 1. The second-order valence-electron chi connectivity index (χ2n) is 7.48. The molecule has 134 valence electrons. The van der Waals surface area contributed by atoms with E-state index >= 15 is 0 Å². The van der Waals surface area contributed by atoms with Gasteiger partial charge in [0.05, 0.1) is 12.1 Å². The first-order valence-corrected chi connectivity index (χ1v) is 9.77. The van der Waals surface area contributed by atoms with Gasteiger partial charge in [0.25, 0.3) is 0 Å². The topological polar surface area (TPSA) is 37.4 Å². The molecule has 2 aliphatic rings. The molecular weight excluding hydrogens is 310 g/mol. The van der Waals surface area contributed by atoms with E-state index in [4.69, 9.17) is 9.72 Å². The van der Waals surface area contributed by atoms with Crippen molar-refractivity contribution in [3.8, 4) is 0 Å². The third-order valence-electron chi connectivity index (χ3n) is 5.62. The van der Waals surface area contributed by atoms with Crippen LogP contribution in [0.2, 0.25) is 0 Å². The summed E-state index contributed by atoms with van der Waals surface area (Å²) in [6.45, 7) is 7.69. The summed E-state index contributed by atoms with van der Waals surface area (Å²) in [7, 11) is 0. The fourth-order valence-corrected chi connectivity index (χ4v) is 4.10. The molecule has 2 aliphatic heterocycles. The van der Waals surface area contributed by atoms with E-state index in [1.54, 1.807) is 0 Å². The molecule has 1 unspecified atom stereocenters. The van der Waals surface area contributed by atoms with Crippen LogP contribution in [0.5, 0.6) is 0 Å². The lowest BCUT2D eigenvalue weighted by molar-refractivity contribution is 0.154. The molecule has 1 aromatic heterocycles. The summed E-state index contributed by atoms with van der Waals surface area (Å²) < 4.78 is 5.52. The van der Waals surface area contributed by atoms with E-state index in [0.717, 1.165) is 31.1 Å². The van der Waals surface area contributed by atoms with Crippen molar-refractivity contribution in [2.75, 3.05) is 38.2 Å². The Morgan fingerprint density at radius 1 is 1.20 bits per heavy atom. The van der Waals surface area contributed by atoms with Crippen LogP contribution in [0.3, 0.4) is 0 Å². The fourth-order valence-electron chi connectivity index (χ4n) is 4.10. The van der Waals surface area contributed by atoms with E-state index in [1.165, 1.54) is 55.7 Å². The Morgan fingerprint density at radius 2 is 2.04 bits per heavy atom. The molecule has 4 rings (SSSR count). The van der Waals surface area contributed by atoms with Crippen molar-refractivity contribution in [2.45, 2.75) is 38.6 Å². The summed E-state index contributed by atoms with van der Waals surface area (Å²) in [6, 6.07) is 11.3. The molecule has 1 atom stereocenters. The summed E-state index contributed by atoms with van der Waals surface area (Å²) in [5.74, 6) is 0.751. The number of aromatic nitrogens is 1. The number of piperidine rings is 1. The van der Waals surface area contributed by atoms with Gasteiger partial charge in [-0.3, -0.25) is 4.98 Å². The highest BCUT2D eigenvalue weighted by molar-refractivity contribution is 5.91. The summed E-state index contributed by atoms with van der Waals surface area (Å²) in [6.07, 6.45) is 4.64. The van der Waals surface area contributed by atoms with Gasteiger partial charge in [-0.2, -0.15) is 0 Å². The number of likely N-dealkylation sites (tertiary alicyclic amines) is 1. The highest BCUT2D eigenvalue weighted by Crippen LogP contribution is 2.26.